The van der Waals surface area contributed by atoms with Crippen LogP contribution in [0.4, 0.5) is 5.69 Å². The third-order valence-electron chi connectivity index (χ3n) is 7.21. The summed E-state index contributed by atoms with van der Waals surface area (Å²) in [6.45, 7) is 5.38. The van der Waals surface area contributed by atoms with Crippen molar-refractivity contribution >= 4 is 39.1 Å². The molecule has 9 nitrogen and oxygen atoms in total. The molecule has 0 radical (unpaired) electrons. The van der Waals surface area contributed by atoms with Crippen LogP contribution in [-0.4, -0.2) is 64.5 Å². The monoisotopic (exact) mass is 629 g/mol. The van der Waals surface area contributed by atoms with Crippen LogP contribution in [0.3, 0.4) is 0 Å². The highest BCUT2D eigenvalue weighted by atomic mass is 35.5. The van der Waals surface area contributed by atoms with Gasteiger partial charge in [0.05, 0.1) is 24.8 Å². The second kappa shape index (κ2) is 15.6. The van der Waals surface area contributed by atoms with Gasteiger partial charge >= 0.3 is 0 Å². The second-order valence-corrected chi connectivity index (χ2v) is 12.4. The summed E-state index contributed by atoms with van der Waals surface area (Å²) in [5.74, 6) is -0.205. The summed E-state index contributed by atoms with van der Waals surface area (Å²) < 4.78 is 39.9. The molecule has 0 aliphatic heterocycles. The summed E-state index contributed by atoms with van der Waals surface area (Å²) in [6, 6.07) is 19.2. The molecule has 0 spiro atoms. The predicted octanol–water partition coefficient (Wildman–Crippen LogP) is 5.32. The van der Waals surface area contributed by atoms with Crippen LogP contribution in [0.1, 0.15) is 39.2 Å². The predicted molar refractivity (Wildman–Crippen MR) is 169 cm³/mol. The lowest BCUT2D eigenvalue weighted by Gasteiger charge is -2.33. The fraction of sp³-hybridized carbons (Fsp3) is 0.375. The van der Waals surface area contributed by atoms with Gasteiger partial charge in [0.15, 0.2) is 11.5 Å². The van der Waals surface area contributed by atoms with Crippen molar-refractivity contribution in [2.45, 2.75) is 57.0 Å². The van der Waals surface area contributed by atoms with Crippen LogP contribution >= 0.6 is 11.6 Å². The Kier molecular flexibility index (Phi) is 12.3. The van der Waals surface area contributed by atoms with Gasteiger partial charge in [0.1, 0.15) is 12.6 Å². The van der Waals surface area contributed by atoms with E-state index in [0.29, 0.717) is 23.6 Å². The minimum Gasteiger partial charge on any atom is -0.493 e. The van der Waals surface area contributed by atoms with Crippen molar-refractivity contribution in [2.24, 2.45) is 0 Å². The van der Waals surface area contributed by atoms with E-state index in [-0.39, 0.29) is 34.8 Å². The highest BCUT2D eigenvalue weighted by Crippen LogP contribution is 2.32. The van der Waals surface area contributed by atoms with Crippen LogP contribution in [-0.2, 0) is 26.0 Å². The third kappa shape index (κ3) is 8.64. The molecule has 0 fully saturated rings. The minimum atomic E-state index is -4.29. The number of rotatable bonds is 15. The number of carbonyl (C=O) groups is 2. The van der Waals surface area contributed by atoms with Gasteiger partial charge in [0.2, 0.25) is 11.8 Å². The van der Waals surface area contributed by atoms with E-state index < -0.39 is 28.5 Å². The highest BCUT2D eigenvalue weighted by Gasteiger charge is 2.34. The van der Waals surface area contributed by atoms with Crippen LogP contribution in [0.5, 0.6) is 11.5 Å². The fourth-order valence-corrected chi connectivity index (χ4v) is 6.13. The highest BCUT2D eigenvalue weighted by molar-refractivity contribution is 7.92. The molecular formula is C32H40ClN3O6S. The summed E-state index contributed by atoms with van der Waals surface area (Å²) in [6.07, 6.45) is 1.57. The average molecular weight is 630 g/mol. The lowest BCUT2D eigenvalue weighted by Crippen LogP contribution is -2.54. The third-order valence-corrected chi connectivity index (χ3v) is 9.23. The van der Waals surface area contributed by atoms with E-state index in [4.69, 9.17) is 21.1 Å². The number of carbonyl (C=O) groups excluding carboxylic acids is 2. The molecule has 0 heterocycles. The van der Waals surface area contributed by atoms with Crippen molar-refractivity contribution in [1.29, 1.82) is 0 Å². The summed E-state index contributed by atoms with van der Waals surface area (Å²) in [5.41, 5.74) is 1.23. The van der Waals surface area contributed by atoms with Crippen molar-refractivity contribution in [3.63, 3.8) is 0 Å². The van der Waals surface area contributed by atoms with Crippen molar-refractivity contribution in [3.05, 3.63) is 83.4 Å². The quantitative estimate of drug-likeness (QED) is 0.244. The van der Waals surface area contributed by atoms with E-state index in [0.717, 1.165) is 16.3 Å². The molecule has 0 aliphatic carbocycles. The van der Waals surface area contributed by atoms with Gasteiger partial charge in [-0.1, -0.05) is 55.8 Å². The first kappa shape index (κ1) is 33.7. The lowest BCUT2D eigenvalue weighted by atomic mass is 10.1. The Bertz CT molecular complexity index is 1470. The van der Waals surface area contributed by atoms with Gasteiger partial charge in [0.25, 0.3) is 10.0 Å². The second-order valence-electron chi connectivity index (χ2n) is 10.1. The maximum Gasteiger partial charge on any atom is 0.264 e. The topological polar surface area (TPSA) is 105 Å². The number of ether oxygens (including phenoxy) is 2. The summed E-state index contributed by atoms with van der Waals surface area (Å²) in [5, 5.41) is 3.39. The van der Waals surface area contributed by atoms with E-state index in [1.165, 1.54) is 49.5 Å². The van der Waals surface area contributed by atoms with Crippen LogP contribution in [0.2, 0.25) is 5.02 Å². The summed E-state index contributed by atoms with van der Waals surface area (Å²) >= 11 is 6.11. The van der Waals surface area contributed by atoms with Crippen LogP contribution < -0.4 is 19.1 Å². The summed E-state index contributed by atoms with van der Waals surface area (Å²) in [7, 11) is -1.42. The number of sulfonamides is 1. The number of hydrogen-bond acceptors (Lipinski definition) is 6. The maximum absolute atomic E-state index is 14.1. The van der Waals surface area contributed by atoms with Crippen LogP contribution in [0, 0.1) is 0 Å². The average Bonchev–Trinajstić information content (AvgIpc) is 3.02. The Morgan fingerprint density at radius 2 is 1.56 bits per heavy atom. The zero-order chi connectivity index (χ0) is 31.6. The smallest absolute Gasteiger partial charge is 0.264 e. The Hall–Kier alpha value is -3.76. The van der Waals surface area contributed by atoms with E-state index >= 15 is 0 Å². The normalized spacial score (nSPS) is 12.6. The van der Waals surface area contributed by atoms with Gasteiger partial charge in [-0.3, -0.25) is 13.9 Å². The van der Waals surface area contributed by atoms with Gasteiger partial charge in [0, 0.05) is 23.7 Å². The fourth-order valence-electron chi connectivity index (χ4n) is 4.58. The molecule has 43 heavy (non-hydrogen) atoms. The van der Waals surface area contributed by atoms with Crippen molar-refractivity contribution in [1.82, 2.24) is 10.2 Å². The number of benzene rings is 3. The number of methoxy groups -OCH3 is 2. The molecule has 0 aromatic heterocycles. The van der Waals surface area contributed by atoms with Gasteiger partial charge in [-0.05, 0) is 68.1 Å². The first-order chi connectivity index (χ1) is 20.5. The molecule has 0 unspecified atom stereocenters. The SMILES string of the molecule is CC[C@H](C)NC(=O)[C@H](CC)N(CCc1ccccc1)C(=O)CN(c1ccc(Cl)cc1)S(=O)(=O)c1ccc(OC)c(OC)c1. The number of amides is 2. The minimum absolute atomic E-state index is 0.0800. The number of nitrogens with one attached hydrogen (secondary N) is 1. The number of nitrogens with zero attached hydrogens (tertiary/aromatic N) is 2. The molecular weight excluding hydrogens is 590 g/mol. The maximum atomic E-state index is 14.1. The molecule has 2 atom stereocenters. The zero-order valence-electron chi connectivity index (χ0n) is 25.2. The number of anilines is 1. The van der Waals surface area contributed by atoms with Crippen molar-refractivity contribution < 1.29 is 27.5 Å². The standard InChI is InChI=1S/C32H40ClN3O6S/c1-6-23(3)34-32(38)28(7-2)35(20-19-24-11-9-8-10-12-24)31(37)22-36(26-15-13-25(33)14-16-26)43(39,40)27-17-18-29(41-4)30(21-27)42-5/h8-18,21,23,28H,6-7,19-20,22H2,1-5H3,(H,34,38)/t23-,28-/m0/s1. The Labute approximate surface area is 259 Å². The van der Waals surface area contributed by atoms with Crippen LogP contribution in [0.25, 0.3) is 0 Å². The Morgan fingerprint density at radius 3 is 2.14 bits per heavy atom. The van der Waals surface area contributed by atoms with Gasteiger partial charge in [-0.25, -0.2) is 8.42 Å². The molecule has 0 aliphatic rings. The van der Waals surface area contributed by atoms with Gasteiger partial charge in [-0.15, -0.1) is 0 Å². The molecule has 0 bridgehead atoms. The number of halogens is 1. The zero-order valence-corrected chi connectivity index (χ0v) is 26.8. The molecule has 3 aromatic rings. The molecule has 3 aromatic carbocycles. The molecule has 1 N–H and O–H groups in total. The largest absolute Gasteiger partial charge is 0.493 e. The summed E-state index contributed by atoms with van der Waals surface area (Å²) in [4.78, 5) is 28.9. The van der Waals surface area contributed by atoms with E-state index in [1.807, 2.05) is 51.1 Å². The lowest BCUT2D eigenvalue weighted by molar-refractivity contribution is -0.139. The van der Waals surface area contributed by atoms with E-state index in [9.17, 15) is 18.0 Å². The Morgan fingerprint density at radius 1 is 0.907 bits per heavy atom. The van der Waals surface area contributed by atoms with Crippen molar-refractivity contribution in [2.75, 3.05) is 31.6 Å². The molecule has 11 heteroatoms. The number of hydrogen-bond donors (Lipinski definition) is 1. The first-order valence-corrected chi connectivity index (χ1v) is 16.0. The Balaban J connectivity index is 2.05. The molecule has 3 rings (SSSR count). The van der Waals surface area contributed by atoms with Crippen molar-refractivity contribution in [3.8, 4) is 11.5 Å². The molecule has 0 saturated heterocycles. The van der Waals surface area contributed by atoms with Crippen LogP contribution in [0.15, 0.2) is 77.7 Å². The van der Waals surface area contributed by atoms with Gasteiger partial charge in [-0.2, -0.15) is 0 Å². The molecule has 2 amide bonds. The molecule has 0 saturated carbocycles. The van der Waals surface area contributed by atoms with Gasteiger partial charge < -0.3 is 19.7 Å². The molecule has 232 valence electrons. The van der Waals surface area contributed by atoms with E-state index in [2.05, 4.69) is 5.32 Å². The van der Waals surface area contributed by atoms with E-state index in [1.54, 1.807) is 12.1 Å². The first-order valence-electron chi connectivity index (χ1n) is 14.2.